The summed E-state index contributed by atoms with van der Waals surface area (Å²) in [5.41, 5.74) is 2.25. The number of anilines is 1. The zero-order valence-electron chi connectivity index (χ0n) is 21.9. The number of carbonyl (C=O) groups is 1. The van der Waals surface area contributed by atoms with Crippen molar-refractivity contribution in [3.63, 3.8) is 0 Å². The van der Waals surface area contributed by atoms with Crippen LogP contribution in [0, 0.1) is 5.92 Å². The molecule has 0 saturated carbocycles. The van der Waals surface area contributed by atoms with Crippen LogP contribution in [-0.2, 0) is 17.9 Å². The molecule has 1 aliphatic rings. The molecule has 3 aromatic carbocycles. The van der Waals surface area contributed by atoms with E-state index in [1.807, 2.05) is 38.1 Å². The van der Waals surface area contributed by atoms with Crippen molar-refractivity contribution in [2.75, 3.05) is 38.5 Å². The highest BCUT2D eigenvalue weighted by Gasteiger charge is 2.24. The van der Waals surface area contributed by atoms with E-state index in [1.165, 1.54) is 16.3 Å². The fraction of sp³-hybridized carbons (Fsp3) is 0.367. The van der Waals surface area contributed by atoms with Gasteiger partial charge in [-0.1, -0.05) is 62.4 Å². The van der Waals surface area contributed by atoms with Crippen LogP contribution in [0.1, 0.15) is 25.2 Å². The van der Waals surface area contributed by atoms with Gasteiger partial charge in [0.25, 0.3) is 0 Å². The van der Waals surface area contributed by atoms with Crippen molar-refractivity contribution < 1.29 is 4.79 Å². The fourth-order valence-corrected chi connectivity index (χ4v) is 5.04. The van der Waals surface area contributed by atoms with Gasteiger partial charge in [-0.2, -0.15) is 0 Å². The Morgan fingerprint density at radius 2 is 1.54 bits per heavy atom. The minimum atomic E-state index is -0.366. The minimum Gasteiger partial charge on any atom is -0.358 e. The molecule has 7 nitrogen and oxygen atoms in total. The van der Waals surface area contributed by atoms with Crippen LogP contribution in [0.15, 0.2) is 66.7 Å². The standard InChI is InChI=1S/C30H36N6O/c1-21(2)28(30(37)31-3)34-29-25-10-6-7-11-26(25)32-27(33-29)20-36-16-14-35(15-17-36)19-22-12-13-23-8-4-5-9-24(23)18-22/h4-13,18,21,28H,14-17,19-20H2,1-3H3,(H,31,37)(H,32,33,34)/t28-/m0/s1. The van der Waals surface area contributed by atoms with E-state index in [9.17, 15) is 4.79 Å². The average Bonchev–Trinajstić information content (AvgIpc) is 2.92. The maximum atomic E-state index is 12.5. The average molecular weight is 497 g/mol. The smallest absolute Gasteiger partial charge is 0.242 e. The fourth-order valence-electron chi connectivity index (χ4n) is 5.04. The highest BCUT2D eigenvalue weighted by Crippen LogP contribution is 2.23. The molecule has 1 fully saturated rings. The molecule has 7 heteroatoms. The summed E-state index contributed by atoms with van der Waals surface area (Å²) in [4.78, 5) is 27.2. The topological polar surface area (TPSA) is 73.4 Å². The quantitative estimate of drug-likeness (QED) is 0.379. The zero-order valence-corrected chi connectivity index (χ0v) is 21.9. The third kappa shape index (κ3) is 5.89. The number of aromatic nitrogens is 2. The number of amides is 1. The van der Waals surface area contributed by atoms with Gasteiger partial charge in [-0.3, -0.25) is 14.6 Å². The van der Waals surface area contributed by atoms with E-state index < -0.39 is 0 Å². The molecule has 2 heterocycles. The summed E-state index contributed by atoms with van der Waals surface area (Å²) in [6.45, 7) is 9.70. The molecule has 2 N–H and O–H groups in total. The number of likely N-dealkylation sites (N-methyl/N-ethyl adjacent to an activating group) is 1. The summed E-state index contributed by atoms with van der Waals surface area (Å²) in [5, 5.41) is 9.69. The summed E-state index contributed by atoms with van der Waals surface area (Å²) < 4.78 is 0. The monoisotopic (exact) mass is 496 g/mol. The van der Waals surface area contributed by atoms with Crippen LogP contribution in [-0.4, -0.2) is 64.9 Å². The van der Waals surface area contributed by atoms with Crippen LogP contribution < -0.4 is 10.6 Å². The lowest BCUT2D eigenvalue weighted by atomic mass is 10.0. The maximum Gasteiger partial charge on any atom is 0.242 e. The predicted molar refractivity (Wildman–Crippen MR) is 150 cm³/mol. The van der Waals surface area contributed by atoms with Crippen LogP contribution in [0.5, 0.6) is 0 Å². The van der Waals surface area contributed by atoms with Crippen molar-refractivity contribution in [3.05, 3.63) is 78.1 Å². The van der Waals surface area contributed by atoms with Gasteiger partial charge in [-0.05, 0) is 40.5 Å². The van der Waals surface area contributed by atoms with Gasteiger partial charge in [0.05, 0.1) is 12.1 Å². The number of piperazine rings is 1. The second-order valence-corrected chi connectivity index (χ2v) is 10.2. The van der Waals surface area contributed by atoms with Crippen molar-refractivity contribution >= 4 is 33.4 Å². The molecule has 1 aromatic heterocycles. The molecule has 37 heavy (non-hydrogen) atoms. The maximum absolute atomic E-state index is 12.5. The van der Waals surface area contributed by atoms with E-state index in [2.05, 4.69) is 62.9 Å². The SMILES string of the molecule is CNC(=O)[C@@H](Nc1nc(CN2CCN(Cc3ccc4ccccc4c3)CC2)nc2ccccc12)C(C)C. The molecule has 0 bridgehead atoms. The summed E-state index contributed by atoms with van der Waals surface area (Å²) in [6, 6.07) is 22.9. The minimum absolute atomic E-state index is 0.0400. The highest BCUT2D eigenvalue weighted by atomic mass is 16.2. The van der Waals surface area contributed by atoms with E-state index in [4.69, 9.17) is 9.97 Å². The van der Waals surface area contributed by atoms with Gasteiger partial charge < -0.3 is 10.6 Å². The number of para-hydroxylation sites is 1. The van der Waals surface area contributed by atoms with Crippen LogP contribution in [0.25, 0.3) is 21.7 Å². The van der Waals surface area contributed by atoms with Gasteiger partial charge in [0.15, 0.2) is 0 Å². The molecule has 5 rings (SSSR count). The van der Waals surface area contributed by atoms with E-state index in [0.29, 0.717) is 6.54 Å². The Morgan fingerprint density at radius 3 is 2.27 bits per heavy atom. The van der Waals surface area contributed by atoms with E-state index in [1.54, 1.807) is 7.05 Å². The van der Waals surface area contributed by atoms with Gasteiger partial charge >= 0.3 is 0 Å². The Hall–Kier alpha value is -3.55. The molecular formula is C30H36N6O. The molecule has 0 radical (unpaired) electrons. The van der Waals surface area contributed by atoms with Crippen LogP contribution in [0.3, 0.4) is 0 Å². The number of hydrogen-bond donors (Lipinski definition) is 2. The van der Waals surface area contributed by atoms with Crippen LogP contribution >= 0.6 is 0 Å². The molecule has 1 saturated heterocycles. The number of rotatable bonds is 8. The van der Waals surface area contributed by atoms with E-state index >= 15 is 0 Å². The number of fused-ring (bicyclic) bond motifs is 2. The second kappa shape index (κ2) is 11.2. The molecule has 192 valence electrons. The zero-order chi connectivity index (χ0) is 25.8. The predicted octanol–water partition coefficient (Wildman–Crippen LogP) is 4.28. The summed E-state index contributed by atoms with van der Waals surface area (Å²) >= 11 is 0. The van der Waals surface area contributed by atoms with Crippen molar-refractivity contribution in [1.82, 2.24) is 25.1 Å². The first kappa shape index (κ1) is 25.1. The first-order valence-electron chi connectivity index (χ1n) is 13.2. The molecule has 4 aromatic rings. The number of nitrogens with one attached hydrogen (secondary N) is 2. The van der Waals surface area contributed by atoms with Gasteiger partial charge in [0, 0.05) is 45.2 Å². The third-order valence-corrected chi connectivity index (χ3v) is 7.19. The Bertz CT molecular complexity index is 1380. The Morgan fingerprint density at radius 1 is 0.865 bits per heavy atom. The van der Waals surface area contributed by atoms with E-state index in [-0.39, 0.29) is 17.9 Å². The Labute approximate surface area is 218 Å². The van der Waals surface area contributed by atoms with Crippen molar-refractivity contribution in [1.29, 1.82) is 0 Å². The molecule has 0 spiro atoms. The molecule has 1 aliphatic heterocycles. The van der Waals surface area contributed by atoms with Crippen molar-refractivity contribution in [3.8, 4) is 0 Å². The van der Waals surface area contributed by atoms with Crippen LogP contribution in [0.4, 0.5) is 5.82 Å². The second-order valence-electron chi connectivity index (χ2n) is 10.2. The van der Waals surface area contributed by atoms with Gasteiger partial charge in [0.2, 0.25) is 5.91 Å². The van der Waals surface area contributed by atoms with Gasteiger partial charge in [-0.25, -0.2) is 9.97 Å². The lowest BCUT2D eigenvalue weighted by Gasteiger charge is -2.34. The first-order valence-corrected chi connectivity index (χ1v) is 13.2. The lowest BCUT2D eigenvalue weighted by Crippen LogP contribution is -2.45. The Kier molecular flexibility index (Phi) is 7.63. The Balaban J connectivity index is 1.26. The number of nitrogens with zero attached hydrogens (tertiary/aromatic N) is 4. The third-order valence-electron chi connectivity index (χ3n) is 7.19. The highest BCUT2D eigenvalue weighted by molar-refractivity contribution is 5.92. The number of carbonyl (C=O) groups excluding carboxylic acids is 1. The summed E-state index contributed by atoms with van der Waals surface area (Å²) in [7, 11) is 1.67. The summed E-state index contributed by atoms with van der Waals surface area (Å²) in [5.74, 6) is 1.58. The normalized spacial score (nSPS) is 15.8. The largest absolute Gasteiger partial charge is 0.358 e. The van der Waals surface area contributed by atoms with Gasteiger partial charge in [0.1, 0.15) is 17.7 Å². The first-order chi connectivity index (χ1) is 18.0. The molecule has 1 atom stereocenters. The number of hydrogen-bond acceptors (Lipinski definition) is 6. The molecular weight excluding hydrogens is 460 g/mol. The lowest BCUT2D eigenvalue weighted by molar-refractivity contribution is -0.122. The summed E-state index contributed by atoms with van der Waals surface area (Å²) in [6.07, 6.45) is 0. The molecule has 0 unspecified atom stereocenters. The van der Waals surface area contributed by atoms with E-state index in [0.717, 1.165) is 55.3 Å². The molecule has 0 aliphatic carbocycles. The van der Waals surface area contributed by atoms with Gasteiger partial charge in [-0.15, -0.1) is 0 Å². The van der Waals surface area contributed by atoms with Crippen molar-refractivity contribution in [2.24, 2.45) is 5.92 Å². The number of benzene rings is 3. The molecule has 1 amide bonds. The van der Waals surface area contributed by atoms with Crippen molar-refractivity contribution in [2.45, 2.75) is 33.0 Å². The van der Waals surface area contributed by atoms with Crippen LogP contribution in [0.2, 0.25) is 0 Å².